The molecule has 0 spiro atoms. The number of aromatic nitrogens is 1. The van der Waals surface area contributed by atoms with Crippen LogP contribution in [0.1, 0.15) is 36.7 Å². The molecular weight excluding hydrogens is 260 g/mol. The first-order chi connectivity index (χ1) is 9.63. The molecule has 0 saturated carbocycles. The molecule has 108 valence electrons. The number of carbonyl (C=O) groups excluding carboxylic acids is 2. The quantitative estimate of drug-likeness (QED) is 0.834. The van der Waals surface area contributed by atoms with Crippen LogP contribution in [-0.4, -0.2) is 41.0 Å². The van der Waals surface area contributed by atoms with E-state index in [1.807, 2.05) is 0 Å². The maximum absolute atomic E-state index is 12.4. The molecule has 6 heteroatoms. The topological polar surface area (TPSA) is 79.5 Å². The van der Waals surface area contributed by atoms with Gasteiger partial charge in [-0.2, -0.15) is 0 Å². The number of rotatable bonds is 3. The average molecular weight is 278 g/mol. The number of H-pyrrole nitrogens is 1. The molecule has 2 heterocycles. The van der Waals surface area contributed by atoms with Crippen LogP contribution in [0.3, 0.4) is 0 Å². The van der Waals surface area contributed by atoms with E-state index in [9.17, 15) is 14.4 Å². The van der Waals surface area contributed by atoms with E-state index in [1.165, 1.54) is 17.0 Å². The van der Waals surface area contributed by atoms with Gasteiger partial charge in [-0.05, 0) is 32.3 Å². The molecule has 1 unspecified atom stereocenters. The summed E-state index contributed by atoms with van der Waals surface area (Å²) < 4.78 is 5.02. The molecule has 1 aliphatic heterocycles. The van der Waals surface area contributed by atoms with Gasteiger partial charge in [0.1, 0.15) is 11.7 Å². The Balaban J connectivity index is 2.21. The number of ether oxygens (including phenoxy) is 1. The first kappa shape index (κ1) is 14.3. The second-order valence-electron chi connectivity index (χ2n) is 4.69. The Hall–Kier alpha value is -2.11. The minimum atomic E-state index is -0.556. The second kappa shape index (κ2) is 6.36. The average Bonchev–Trinajstić information content (AvgIpc) is 2.47. The van der Waals surface area contributed by atoms with Crippen LogP contribution >= 0.6 is 0 Å². The van der Waals surface area contributed by atoms with Crippen molar-refractivity contribution in [2.75, 3.05) is 13.2 Å². The van der Waals surface area contributed by atoms with Gasteiger partial charge in [0.25, 0.3) is 5.91 Å². The van der Waals surface area contributed by atoms with E-state index in [4.69, 9.17) is 4.74 Å². The minimum Gasteiger partial charge on any atom is -0.464 e. The molecule has 1 atom stereocenters. The highest BCUT2D eigenvalue weighted by Gasteiger charge is 2.33. The fourth-order valence-corrected chi connectivity index (χ4v) is 2.39. The molecule has 20 heavy (non-hydrogen) atoms. The number of amides is 1. The predicted molar refractivity (Wildman–Crippen MR) is 72.4 cm³/mol. The molecule has 0 aromatic carbocycles. The van der Waals surface area contributed by atoms with Crippen molar-refractivity contribution in [1.29, 1.82) is 0 Å². The molecule has 1 aliphatic rings. The van der Waals surface area contributed by atoms with Crippen molar-refractivity contribution in [1.82, 2.24) is 9.88 Å². The third kappa shape index (κ3) is 3.07. The Morgan fingerprint density at radius 3 is 2.90 bits per heavy atom. The van der Waals surface area contributed by atoms with Gasteiger partial charge in [0, 0.05) is 12.6 Å². The van der Waals surface area contributed by atoms with Crippen LogP contribution in [0, 0.1) is 0 Å². The highest BCUT2D eigenvalue weighted by atomic mass is 16.5. The van der Waals surface area contributed by atoms with Gasteiger partial charge < -0.3 is 14.6 Å². The third-order valence-corrected chi connectivity index (χ3v) is 3.32. The van der Waals surface area contributed by atoms with Gasteiger partial charge >= 0.3 is 5.97 Å². The molecule has 1 N–H and O–H groups in total. The van der Waals surface area contributed by atoms with Gasteiger partial charge in [-0.15, -0.1) is 0 Å². The highest BCUT2D eigenvalue weighted by Crippen LogP contribution is 2.20. The first-order valence-corrected chi connectivity index (χ1v) is 6.80. The summed E-state index contributed by atoms with van der Waals surface area (Å²) in [6.45, 7) is 2.53. The van der Waals surface area contributed by atoms with Crippen LogP contribution in [0.25, 0.3) is 0 Å². The number of nitrogens with one attached hydrogen (secondary N) is 1. The molecule has 6 nitrogen and oxygen atoms in total. The SMILES string of the molecule is CCOC(=O)C1CCCCN1C(=O)c1cccc(=O)[nH]1. The number of nitrogens with zero attached hydrogens (tertiary/aromatic N) is 1. The summed E-state index contributed by atoms with van der Waals surface area (Å²) in [5.74, 6) is -0.709. The Bertz CT molecular complexity index is 552. The third-order valence-electron chi connectivity index (χ3n) is 3.32. The summed E-state index contributed by atoms with van der Waals surface area (Å²) in [7, 11) is 0. The summed E-state index contributed by atoms with van der Waals surface area (Å²) in [6.07, 6.45) is 2.33. The van der Waals surface area contributed by atoms with E-state index in [0.717, 1.165) is 12.8 Å². The zero-order chi connectivity index (χ0) is 14.5. The fourth-order valence-electron chi connectivity index (χ4n) is 2.39. The summed E-state index contributed by atoms with van der Waals surface area (Å²) in [6, 6.07) is 3.85. The molecule has 1 fully saturated rings. The van der Waals surface area contributed by atoms with Crippen molar-refractivity contribution in [2.45, 2.75) is 32.2 Å². The molecule has 2 rings (SSSR count). The zero-order valence-electron chi connectivity index (χ0n) is 11.4. The first-order valence-electron chi connectivity index (χ1n) is 6.80. The fraction of sp³-hybridized carbons (Fsp3) is 0.500. The number of likely N-dealkylation sites (tertiary alicyclic amines) is 1. The summed E-state index contributed by atoms with van der Waals surface area (Å²) in [5.41, 5.74) is -0.130. The molecule has 0 aliphatic carbocycles. The van der Waals surface area contributed by atoms with Crippen LogP contribution in [0.4, 0.5) is 0 Å². The van der Waals surface area contributed by atoms with Crippen molar-refractivity contribution in [3.8, 4) is 0 Å². The van der Waals surface area contributed by atoms with Crippen LogP contribution in [0.2, 0.25) is 0 Å². The van der Waals surface area contributed by atoms with Crippen molar-refractivity contribution in [2.24, 2.45) is 0 Å². The predicted octanol–water partition coefficient (Wildman–Crippen LogP) is 0.933. The number of aromatic amines is 1. The highest BCUT2D eigenvalue weighted by molar-refractivity contribution is 5.95. The zero-order valence-corrected chi connectivity index (χ0v) is 11.4. The number of hydrogen-bond acceptors (Lipinski definition) is 4. The van der Waals surface area contributed by atoms with Gasteiger partial charge in [-0.1, -0.05) is 6.07 Å². The molecular formula is C14H18N2O4. The molecule has 1 aromatic heterocycles. The van der Waals surface area contributed by atoms with Gasteiger partial charge in [0.05, 0.1) is 6.61 Å². The van der Waals surface area contributed by atoms with Crippen molar-refractivity contribution in [3.63, 3.8) is 0 Å². The van der Waals surface area contributed by atoms with E-state index in [-0.39, 0.29) is 23.1 Å². The number of hydrogen-bond donors (Lipinski definition) is 1. The van der Waals surface area contributed by atoms with E-state index in [0.29, 0.717) is 19.6 Å². The standard InChI is InChI=1S/C14H18N2O4/c1-2-20-14(19)11-7-3-4-9-16(11)13(18)10-6-5-8-12(17)15-10/h5-6,8,11H,2-4,7,9H2,1H3,(H,15,17). The monoisotopic (exact) mass is 278 g/mol. The Kier molecular flexibility index (Phi) is 4.55. The van der Waals surface area contributed by atoms with Crippen LogP contribution in [0.5, 0.6) is 0 Å². The lowest BCUT2D eigenvalue weighted by Gasteiger charge is -2.33. The van der Waals surface area contributed by atoms with Crippen molar-refractivity contribution in [3.05, 3.63) is 34.2 Å². The largest absolute Gasteiger partial charge is 0.464 e. The Morgan fingerprint density at radius 2 is 2.20 bits per heavy atom. The molecule has 1 saturated heterocycles. The van der Waals surface area contributed by atoms with Gasteiger partial charge in [-0.25, -0.2) is 4.79 Å². The smallest absolute Gasteiger partial charge is 0.328 e. The maximum atomic E-state index is 12.4. The van der Waals surface area contributed by atoms with Gasteiger partial charge in [-0.3, -0.25) is 9.59 Å². The van der Waals surface area contributed by atoms with Crippen molar-refractivity contribution < 1.29 is 14.3 Å². The van der Waals surface area contributed by atoms with Crippen LogP contribution in [0.15, 0.2) is 23.0 Å². The molecule has 0 bridgehead atoms. The molecule has 0 radical (unpaired) electrons. The molecule has 1 aromatic rings. The van der Waals surface area contributed by atoms with Gasteiger partial charge in [0.15, 0.2) is 0 Å². The summed E-state index contributed by atoms with van der Waals surface area (Å²) >= 11 is 0. The van der Waals surface area contributed by atoms with E-state index in [1.54, 1.807) is 13.0 Å². The van der Waals surface area contributed by atoms with Crippen molar-refractivity contribution >= 4 is 11.9 Å². The van der Waals surface area contributed by atoms with Crippen LogP contribution in [-0.2, 0) is 9.53 Å². The number of carbonyl (C=O) groups is 2. The Morgan fingerprint density at radius 1 is 1.40 bits per heavy atom. The maximum Gasteiger partial charge on any atom is 0.328 e. The summed E-state index contributed by atoms with van der Waals surface area (Å²) in [5, 5.41) is 0. The van der Waals surface area contributed by atoms with E-state index in [2.05, 4.69) is 4.98 Å². The second-order valence-corrected chi connectivity index (χ2v) is 4.69. The van der Waals surface area contributed by atoms with Gasteiger partial charge in [0.2, 0.25) is 5.56 Å². The lowest BCUT2D eigenvalue weighted by Crippen LogP contribution is -2.49. The number of piperidine rings is 1. The lowest BCUT2D eigenvalue weighted by atomic mass is 10.0. The normalized spacial score (nSPS) is 18.6. The van der Waals surface area contributed by atoms with E-state index < -0.39 is 6.04 Å². The molecule has 1 amide bonds. The van der Waals surface area contributed by atoms with E-state index >= 15 is 0 Å². The number of esters is 1. The van der Waals surface area contributed by atoms with Crippen LogP contribution < -0.4 is 5.56 Å². The number of pyridine rings is 1. The lowest BCUT2D eigenvalue weighted by molar-refractivity contribution is -0.149. The minimum absolute atomic E-state index is 0.202. The Labute approximate surface area is 116 Å². The summed E-state index contributed by atoms with van der Waals surface area (Å²) in [4.78, 5) is 39.6.